The molecule has 74 valence electrons. The summed E-state index contributed by atoms with van der Waals surface area (Å²) in [5, 5.41) is 5.68. The van der Waals surface area contributed by atoms with E-state index in [2.05, 4.69) is 16.6 Å². The molecule has 0 saturated carbocycles. The molecule has 0 aliphatic heterocycles. The second-order valence-corrected chi connectivity index (χ2v) is 3.64. The molecule has 1 atom stereocenters. The molecule has 0 heterocycles. The Hall–Kier alpha value is -0.660. The molecule has 0 saturated heterocycles. The normalized spacial score (nSPS) is 11.8. The Bertz CT molecular complexity index is 189. The SMILES string of the molecule is C#CCNCC(=O)NC(C)CSC. The van der Waals surface area contributed by atoms with Crippen molar-refractivity contribution in [2.45, 2.75) is 13.0 Å². The fraction of sp³-hybridized carbons (Fsp3) is 0.667. The van der Waals surface area contributed by atoms with Crippen LogP contribution >= 0.6 is 11.8 Å². The number of rotatable bonds is 6. The van der Waals surface area contributed by atoms with Crippen LogP contribution in [-0.2, 0) is 4.79 Å². The summed E-state index contributed by atoms with van der Waals surface area (Å²) < 4.78 is 0. The van der Waals surface area contributed by atoms with Gasteiger partial charge in [0.2, 0.25) is 5.91 Å². The minimum absolute atomic E-state index is 0.00296. The molecule has 0 aromatic rings. The Labute approximate surface area is 84.0 Å². The van der Waals surface area contributed by atoms with Gasteiger partial charge in [-0.25, -0.2) is 0 Å². The quantitative estimate of drug-likeness (QED) is 0.471. The Balaban J connectivity index is 3.45. The van der Waals surface area contributed by atoms with Crippen LogP contribution in [-0.4, -0.2) is 37.0 Å². The molecule has 1 amide bonds. The van der Waals surface area contributed by atoms with Gasteiger partial charge < -0.3 is 5.32 Å². The van der Waals surface area contributed by atoms with Gasteiger partial charge in [-0.15, -0.1) is 6.42 Å². The topological polar surface area (TPSA) is 41.1 Å². The lowest BCUT2D eigenvalue weighted by molar-refractivity contribution is -0.120. The molecule has 0 fully saturated rings. The molecular formula is C9H16N2OS. The van der Waals surface area contributed by atoms with Crippen molar-refractivity contribution >= 4 is 17.7 Å². The van der Waals surface area contributed by atoms with Gasteiger partial charge in [0.1, 0.15) is 0 Å². The minimum Gasteiger partial charge on any atom is -0.352 e. The Morgan fingerprint density at radius 2 is 2.38 bits per heavy atom. The molecule has 0 radical (unpaired) electrons. The van der Waals surface area contributed by atoms with Gasteiger partial charge in [-0.1, -0.05) is 5.92 Å². The zero-order valence-electron chi connectivity index (χ0n) is 8.09. The van der Waals surface area contributed by atoms with Crippen molar-refractivity contribution in [2.75, 3.05) is 25.1 Å². The maximum atomic E-state index is 11.2. The number of thioether (sulfide) groups is 1. The first-order chi connectivity index (χ1) is 6.20. The molecular weight excluding hydrogens is 184 g/mol. The monoisotopic (exact) mass is 200 g/mol. The highest BCUT2D eigenvalue weighted by Gasteiger charge is 2.04. The lowest BCUT2D eigenvalue weighted by atomic mass is 10.4. The molecule has 0 aromatic carbocycles. The first-order valence-corrected chi connectivity index (χ1v) is 5.52. The highest BCUT2D eigenvalue weighted by Crippen LogP contribution is 1.95. The van der Waals surface area contributed by atoms with Crippen LogP contribution in [0.4, 0.5) is 0 Å². The van der Waals surface area contributed by atoms with E-state index in [1.165, 1.54) is 0 Å². The highest BCUT2D eigenvalue weighted by molar-refractivity contribution is 7.98. The first-order valence-electron chi connectivity index (χ1n) is 4.13. The molecule has 0 bridgehead atoms. The van der Waals surface area contributed by atoms with E-state index in [4.69, 9.17) is 6.42 Å². The number of carbonyl (C=O) groups is 1. The summed E-state index contributed by atoms with van der Waals surface area (Å²) in [4.78, 5) is 11.2. The van der Waals surface area contributed by atoms with Gasteiger partial charge in [-0.05, 0) is 13.2 Å². The van der Waals surface area contributed by atoms with Gasteiger partial charge in [0, 0.05) is 11.8 Å². The second-order valence-electron chi connectivity index (χ2n) is 2.73. The molecule has 1 unspecified atom stereocenters. The van der Waals surface area contributed by atoms with Crippen LogP contribution in [0.15, 0.2) is 0 Å². The van der Waals surface area contributed by atoms with E-state index in [9.17, 15) is 4.79 Å². The van der Waals surface area contributed by atoms with Crippen molar-refractivity contribution < 1.29 is 4.79 Å². The van der Waals surface area contributed by atoms with E-state index in [1.807, 2.05) is 13.2 Å². The summed E-state index contributed by atoms with van der Waals surface area (Å²) >= 11 is 1.71. The third kappa shape index (κ3) is 7.69. The van der Waals surface area contributed by atoms with Crippen molar-refractivity contribution in [3.05, 3.63) is 0 Å². The number of amides is 1. The molecule has 0 aromatic heterocycles. The predicted molar refractivity (Wildman–Crippen MR) is 57.7 cm³/mol. The molecule has 0 aliphatic carbocycles. The molecule has 4 heteroatoms. The zero-order chi connectivity index (χ0) is 10.1. The summed E-state index contributed by atoms with van der Waals surface area (Å²) in [6.07, 6.45) is 7.03. The number of nitrogens with one attached hydrogen (secondary N) is 2. The standard InChI is InChI=1S/C9H16N2OS/c1-4-5-10-6-9(12)11-8(2)7-13-3/h1,8,10H,5-7H2,2-3H3,(H,11,12). The van der Waals surface area contributed by atoms with Gasteiger partial charge in [-0.3, -0.25) is 10.1 Å². The predicted octanol–water partition coefficient (Wildman–Crippen LogP) is 0.0769. The molecule has 0 spiro atoms. The van der Waals surface area contributed by atoms with Gasteiger partial charge in [0.05, 0.1) is 13.1 Å². The van der Waals surface area contributed by atoms with Crippen molar-refractivity contribution in [1.29, 1.82) is 0 Å². The second kappa shape index (κ2) is 7.96. The molecule has 0 aliphatic rings. The number of terminal acetylenes is 1. The minimum atomic E-state index is -0.00296. The lowest BCUT2D eigenvalue weighted by Gasteiger charge is -2.11. The average Bonchev–Trinajstić information content (AvgIpc) is 2.05. The molecule has 3 nitrogen and oxygen atoms in total. The van der Waals surface area contributed by atoms with Crippen molar-refractivity contribution in [2.24, 2.45) is 0 Å². The van der Waals surface area contributed by atoms with Crippen LogP contribution in [0.3, 0.4) is 0 Å². The van der Waals surface area contributed by atoms with Crippen molar-refractivity contribution in [1.82, 2.24) is 10.6 Å². The Kier molecular flexibility index (Phi) is 7.56. The number of hydrogen-bond acceptors (Lipinski definition) is 3. The first kappa shape index (κ1) is 12.3. The van der Waals surface area contributed by atoms with Crippen LogP contribution < -0.4 is 10.6 Å². The van der Waals surface area contributed by atoms with E-state index in [0.717, 1.165) is 5.75 Å². The van der Waals surface area contributed by atoms with Crippen LogP contribution in [0.5, 0.6) is 0 Å². The maximum Gasteiger partial charge on any atom is 0.234 e. The maximum absolute atomic E-state index is 11.2. The fourth-order valence-corrected chi connectivity index (χ4v) is 1.45. The number of hydrogen-bond donors (Lipinski definition) is 2. The lowest BCUT2D eigenvalue weighted by Crippen LogP contribution is -2.40. The van der Waals surface area contributed by atoms with Crippen LogP contribution in [0.2, 0.25) is 0 Å². The van der Waals surface area contributed by atoms with Gasteiger partial charge >= 0.3 is 0 Å². The molecule has 2 N–H and O–H groups in total. The van der Waals surface area contributed by atoms with Gasteiger partial charge in [0.15, 0.2) is 0 Å². The van der Waals surface area contributed by atoms with E-state index in [1.54, 1.807) is 11.8 Å². The van der Waals surface area contributed by atoms with E-state index >= 15 is 0 Å². The third-order valence-corrected chi connectivity index (χ3v) is 2.17. The summed E-state index contributed by atoms with van der Waals surface area (Å²) in [6, 6.07) is 0.218. The molecule has 13 heavy (non-hydrogen) atoms. The highest BCUT2D eigenvalue weighted by atomic mass is 32.2. The van der Waals surface area contributed by atoms with Gasteiger partial charge in [0.25, 0.3) is 0 Å². The van der Waals surface area contributed by atoms with Crippen molar-refractivity contribution in [3.63, 3.8) is 0 Å². The van der Waals surface area contributed by atoms with Crippen LogP contribution in [0, 0.1) is 12.3 Å². The van der Waals surface area contributed by atoms with E-state index < -0.39 is 0 Å². The van der Waals surface area contributed by atoms with Crippen molar-refractivity contribution in [3.8, 4) is 12.3 Å². The van der Waals surface area contributed by atoms with Gasteiger partial charge in [-0.2, -0.15) is 11.8 Å². The third-order valence-electron chi connectivity index (χ3n) is 1.34. The average molecular weight is 200 g/mol. The fourth-order valence-electron chi connectivity index (χ4n) is 0.866. The largest absolute Gasteiger partial charge is 0.352 e. The Morgan fingerprint density at radius 3 is 2.92 bits per heavy atom. The summed E-state index contributed by atoms with van der Waals surface area (Å²) in [5.41, 5.74) is 0. The van der Waals surface area contributed by atoms with Crippen LogP contribution in [0.1, 0.15) is 6.92 Å². The van der Waals surface area contributed by atoms with E-state index in [0.29, 0.717) is 13.1 Å². The van der Waals surface area contributed by atoms with E-state index in [-0.39, 0.29) is 11.9 Å². The Morgan fingerprint density at radius 1 is 1.69 bits per heavy atom. The zero-order valence-corrected chi connectivity index (χ0v) is 8.91. The molecule has 0 rings (SSSR count). The summed E-state index contributed by atoms with van der Waals surface area (Å²) in [5.74, 6) is 3.33. The van der Waals surface area contributed by atoms with Crippen LogP contribution in [0.25, 0.3) is 0 Å². The smallest absolute Gasteiger partial charge is 0.234 e. The summed E-state index contributed by atoms with van der Waals surface area (Å²) in [6.45, 7) is 2.71. The number of carbonyl (C=O) groups excluding carboxylic acids is 1. The summed E-state index contributed by atoms with van der Waals surface area (Å²) in [7, 11) is 0.